The summed E-state index contributed by atoms with van der Waals surface area (Å²) >= 11 is 1.79. The second-order valence-electron chi connectivity index (χ2n) is 6.16. The Balaban J connectivity index is 1.46. The van der Waals surface area contributed by atoms with Gasteiger partial charge in [-0.15, -0.1) is 11.3 Å². The topological polar surface area (TPSA) is 58.8 Å². The van der Waals surface area contributed by atoms with E-state index in [1.807, 2.05) is 4.90 Å². The molecule has 3 rings (SSSR count). The maximum absolute atomic E-state index is 12.6. The van der Waals surface area contributed by atoms with Gasteiger partial charge in [-0.3, -0.25) is 9.69 Å². The van der Waals surface area contributed by atoms with Crippen LogP contribution in [0.3, 0.4) is 0 Å². The van der Waals surface area contributed by atoms with Crippen LogP contribution in [-0.2, 0) is 16.1 Å². The zero-order valence-electron chi connectivity index (χ0n) is 12.9. The summed E-state index contributed by atoms with van der Waals surface area (Å²) < 4.78 is 5.35. The molecule has 1 aromatic heterocycles. The van der Waals surface area contributed by atoms with Crippen molar-refractivity contribution >= 4 is 17.2 Å². The van der Waals surface area contributed by atoms with E-state index in [0.29, 0.717) is 0 Å². The van der Waals surface area contributed by atoms with E-state index in [-0.39, 0.29) is 17.9 Å². The number of hydrogen-bond acceptors (Lipinski definition) is 5. The molecule has 0 radical (unpaired) electrons. The third-order valence-electron chi connectivity index (χ3n) is 4.70. The summed E-state index contributed by atoms with van der Waals surface area (Å²) in [5, 5.41) is 2.11. The van der Waals surface area contributed by atoms with Gasteiger partial charge in [-0.05, 0) is 30.2 Å². The molecule has 6 heteroatoms. The van der Waals surface area contributed by atoms with Crippen LogP contribution >= 0.6 is 11.3 Å². The van der Waals surface area contributed by atoms with Crippen molar-refractivity contribution in [2.45, 2.75) is 25.4 Å². The minimum atomic E-state index is -0.354. The van der Waals surface area contributed by atoms with Crippen molar-refractivity contribution in [3.63, 3.8) is 0 Å². The van der Waals surface area contributed by atoms with Gasteiger partial charge in [-0.1, -0.05) is 6.07 Å². The Morgan fingerprint density at radius 1 is 1.32 bits per heavy atom. The molecule has 0 bridgehead atoms. The third-order valence-corrected chi connectivity index (χ3v) is 5.56. The lowest BCUT2D eigenvalue weighted by Crippen LogP contribution is -2.55. The quantitative estimate of drug-likeness (QED) is 0.903. The average molecular weight is 323 g/mol. The summed E-state index contributed by atoms with van der Waals surface area (Å²) in [6, 6.07) is 3.91. The fraction of sp³-hybridized carbons (Fsp3) is 0.688. The van der Waals surface area contributed by atoms with Gasteiger partial charge in [-0.2, -0.15) is 0 Å². The Bertz CT molecular complexity index is 466. The molecule has 2 aliphatic heterocycles. The molecule has 0 spiro atoms. The van der Waals surface area contributed by atoms with Crippen LogP contribution in [0.25, 0.3) is 0 Å². The van der Waals surface area contributed by atoms with E-state index in [1.165, 1.54) is 4.88 Å². The van der Waals surface area contributed by atoms with Gasteiger partial charge < -0.3 is 15.4 Å². The van der Waals surface area contributed by atoms with Crippen LogP contribution in [0.4, 0.5) is 0 Å². The van der Waals surface area contributed by atoms with Gasteiger partial charge in [0.05, 0.1) is 6.04 Å². The average Bonchev–Trinajstić information content (AvgIpc) is 3.08. The third kappa shape index (κ3) is 3.87. The number of carbonyl (C=O) groups excluding carboxylic acids is 1. The molecule has 0 saturated carbocycles. The first kappa shape index (κ1) is 15.9. The molecule has 2 N–H and O–H groups in total. The number of carbonyl (C=O) groups is 1. The number of thiophene rings is 1. The van der Waals surface area contributed by atoms with Crippen LogP contribution in [0.1, 0.15) is 17.7 Å². The highest BCUT2D eigenvalue weighted by Crippen LogP contribution is 2.20. The SMILES string of the molecule is NC(C(=O)N1CCN(Cc2cccs2)CC1)C1CCOCC1. The number of rotatable bonds is 4. The second kappa shape index (κ2) is 7.55. The normalized spacial score (nSPS) is 22.7. The van der Waals surface area contributed by atoms with Crippen molar-refractivity contribution in [2.24, 2.45) is 11.7 Å². The molecule has 2 fully saturated rings. The minimum absolute atomic E-state index is 0.127. The molecule has 0 aliphatic carbocycles. The summed E-state index contributed by atoms with van der Waals surface area (Å²) in [6.07, 6.45) is 1.82. The van der Waals surface area contributed by atoms with Gasteiger partial charge in [0.2, 0.25) is 5.91 Å². The maximum Gasteiger partial charge on any atom is 0.239 e. The molecule has 22 heavy (non-hydrogen) atoms. The summed E-state index contributed by atoms with van der Waals surface area (Å²) in [7, 11) is 0. The summed E-state index contributed by atoms with van der Waals surface area (Å²) in [6.45, 7) is 5.92. The van der Waals surface area contributed by atoms with Crippen LogP contribution in [0.5, 0.6) is 0 Å². The van der Waals surface area contributed by atoms with E-state index in [9.17, 15) is 4.79 Å². The van der Waals surface area contributed by atoms with E-state index in [0.717, 1.165) is 58.8 Å². The van der Waals surface area contributed by atoms with Gasteiger partial charge in [0.25, 0.3) is 0 Å². The van der Waals surface area contributed by atoms with Crippen LogP contribution in [-0.4, -0.2) is 61.1 Å². The van der Waals surface area contributed by atoms with Gasteiger partial charge in [-0.25, -0.2) is 0 Å². The standard InChI is InChI=1S/C16H25N3O2S/c17-15(13-3-9-21-10-4-13)16(20)19-7-5-18(6-8-19)12-14-2-1-11-22-14/h1-2,11,13,15H,3-10,12,17H2. The summed E-state index contributed by atoms with van der Waals surface area (Å²) in [5.74, 6) is 0.410. The summed E-state index contributed by atoms with van der Waals surface area (Å²) in [5.41, 5.74) is 6.21. The lowest BCUT2D eigenvalue weighted by Gasteiger charge is -2.37. The van der Waals surface area contributed by atoms with Gasteiger partial charge in [0.15, 0.2) is 0 Å². The first-order valence-corrected chi connectivity index (χ1v) is 8.99. The fourth-order valence-corrected chi connectivity index (χ4v) is 3.98. The molecular formula is C16H25N3O2S. The second-order valence-corrected chi connectivity index (χ2v) is 7.19. The molecule has 0 aromatic carbocycles. The van der Waals surface area contributed by atoms with Crippen molar-refractivity contribution in [1.82, 2.24) is 9.80 Å². The Hall–Kier alpha value is -0.950. The zero-order valence-corrected chi connectivity index (χ0v) is 13.8. The van der Waals surface area contributed by atoms with Gasteiger partial charge in [0.1, 0.15) is 0 Å². The molecule has 3 heterocycles. The van der Waals surface area contributed by atoms with E-state index in [2.05, 4.69) is 22.4 Å². The maximum atomic E-state index is 12.6. The van der Waals surface area contributed by atoms with E-state index < -0.39 is 0 Å². The Morgan fingerprint density at radius 3 is 2.68 bits per heavy atom. The molecule has 1 amide bonds. The number of nitrogens with zero attached hydrogens (tertiary/aromatic N) is 2. The van der Waals surface area contributed by atoms with Crippen LogP contribution in [0.15, 0.2) is 17.5 Å². The van der Waals surface area contributed by atoms with Gasteiger partial charge in [0, 0.05) is 50.8 Å². The van der Waals surface area contributed by atoms with Crippen molar-refractivity contribution < 1.29 is 9.53 Å². The van der Waals surface area contributed by atoms with E-state index in [4.69, 9.17) is 10.5 Å². The number of nitrogens with two attached hydrogens (primary N) is 1. The summed E-state index contributed by atoms with van der Waals surface area (Å²) in [4.78, 5) is 18.3. The van der Waals surface area contributed by atoms with Crippen LogP contribution in [0, 0.1) is 5.92 Å². The smallest absolute Gasteiger partial charge is 0.239 e. The highest BCUT2D eigenvalue weighted by Gasteiger charge is 2.31. The fourth-order valence-electron chi connectivity index (χ4n) is 3.24. The number of hydrogen-bond donors (Lipinski definition) is 1. The highest BCUT2D eigenvalue weighted by molar-refractivity contribution is 7.09. The lowest BCUT2D eigenvalue weighted by atomic mass is 9.91. The van der Waals surface area contributed by atoms with E-state index >= 15 is 0 Å². The van der Waals surface area contributed by atoms with E-state index in [1.54, 1.807) is 11.3 Å². The lowest BCUT2D eigenvalue weighted by molar-refractivity contribution is -0.136. The monoisotopic (exact) mass is 323 g/mol. The molecule has 2 saturated heterocycles. The Labute approximate surface area is 136 Å². The van der Waals surface area contributed by atoms with Crippen LogP contribution < -0.4 is 5.73 Å². The van der Waals surface area contributed by atoms with Crippen molar-refractivity contribution in [2.75, 3.05) is 39.4 Å². The number of piperazine rings is 1. The number of amides is 1. The first-order valence-electron chi connectivity index (χ1n) is 8.11. The van der Waals surface area contributed by atoms with Crippen molar-refractivity contribution in [3.8, 4) is 0 Å². The molecule has 2 aliphatic rings. The molecule has 1 aromatic rings. The largest absolute Gasteiger partial charge is 0.381 e. The zero-order chi connectivity index (χ0) is 15.4. The van der Waals surface area contributed by atoms with Crippen molar-refractivity contribution in [3.05, 3.63) is 22.4 Å². The molecule has 1 unspecified atom stereocenters. The van der Waals surface area contributed by atoms with Gasteiger partial charge >= 0.3 is 0 Å². The molecular weight excluding hydrogens is 298 g/mol. The first-order chi connectivity index (χ1) is 10.7. The highest BCUT2D eigenvalue weighted by atomic mass is 32.1. The molecule has 122 valence electrons. The Kier molecular flexibility index (Phi) is 5.46. The molecule has 5 nitrogen and oxygen atoms in total. The molecule has 1 atom stereocenters. The Morgan fingerprint density at radius 2 is 2.05 bits per heavy atom. The predicted molar refractivity (Wildman–Crippen MR) is 87.7 cm³/mol. The van der Waals surface area contributed by atoms with Crippen LogP contribution in [0.2, 0.25) is 0 Å². The number of ether oxygens (including phenoxy) is 1. The minimum Gasteiger partial charge on any atom is -0.381 e. The van der Waals surface area contributed by atoms with Crippen molar-refractivity contribution in [1.29, 1.82) is 0 Å². The predicted octanol–water partition coefficient (Wildman–Crippen LogP) is 1.15.